The van der Waals surface area contributed by atoms with Crippen molar-refractivity contribution in [2.24, 2.45) is 0 Å². The third kappa shape index (κ3) is 4.84. The van der Waals surface area contributed by atoms with Crippen molar-refractivity contribution in [3.63, 3.8) is 0 Å². The first kappa shape index (κ1) is 21.0. The van der Waals surface area contributed by atoms with Gasteiger partial charge in [-0.1, -0.05) is 42.5 Å². The number of Topliss-reactive ketones (excluding diaryl/α,β-unsaturated/α-hetero) is 1. The lowest BCUT2D eigenvalue weighted by atomic mass is 10.1. The lowest BCUT2D eigenvalue weighted by molar-refractivity contribution is -0.119. The number of esters is 1. The Bertz CT molecular complexity index is 1080. The summed E-state index contributed by atoms with van der Waals surface area (Å²) in [7, 11) is 0. The van der Waals surface area contributed by atoms with Gasteiger partial charge in [-0.3, -0.25) is 9.59 Å². The smallest absolute Gasteiger partial charge is 0.340 e. The van der Waals surface area contributed by atoms with E-state index in [9.17, 15) is 14.4 Å². The Kier molecular flexibility index (Phi) is 6.47. The van der Waals surface area contributed by atoms with E-state index in [1.165, 1.54) is 6.92 Å². The average Bonchev–Trinajstić information content (AvgIpc) is 3.01. The van der Waals surface area contributed by atoms with Crippen LogP contribution < -0.4 is 5.32 Å². The van der Waals surface area contributed by atoms with Gasteiger partial charge in [0.2, 0.25) is 0 Å². The third-order valence-corrected chi connectivity index (χ3v) is 4.89. The summed E-state index contributed by atoms with van der Waals surface area (Å²) < 4.78 is 7.25. The summed E-state index contributed by atoms with van der Waals surface area (Å²) in [6.45, 7) is 5.42. The Hall–Kier alpha value is -3.67. The summed E-state index contributed by atoms with van der Waals surface area (Å²) in [5, 5.41) is 2.62. The molecule has 0 aliphatic carbocycles. The molecule has 0 atom stereocenters. The van der Waals surface area contributed by atoms with Gasteiger partial charge in [0, 0.05) is 23.5 Å². The fourth-order valence-corrected chi connectivity index (χ4v) is 3.31. The maximum atomic E-state index is 12.5. The van der Waals surface area contributed by atoms with E-state index in [1.54, 1.807) is 30.3 Å². The van der Waals surface area contributed by atoms with Crippen LogP contribution in [0.4, 0.5) is 5.69 Å². The highest BCUT2D eigenvalue weighted by molar-refractivity contribution is 6.04. The van der Waals surface area contributed by atoms with E-state index in [2.05, 4.69) is 5.32 Å². The second kappa shape index (κ2) is 9.22. The minimum atomic E-state index is -0.558. The Morgan fingerprint density at radius 2 is 1.60 bits per heavy atom. The zero-order valence-electron chi connectivity index (χ0n) is 17.3. The molecule has 6 nitrogen and oxygen atoms in total. The van der Waals surface area contributed by atoms with Crippen LogP contribution in [0.5, 0.6) is 0 Å². The fourth-order valence-electron chi connectivity index (χ4n) is 3.31. The molecule has 1 heterocycles. The normalized spacial score (nSPS) is 10.5. The minimum absolute atomic E-state index is 0.159. The molecule has 0 aliphatic rings. The van der Waals surface area contributed by atoms with E-state index < -0.39 is 18.5 Å². The maximum absolute atomic E-state index is 12.5. The predicted molar refractivity (Wildman–Crippen MR) is 115 cm³/mol. The Labute approximate surface area is 175 Å². The number of ether oxygens (including phenoxy) is 1. The molecule has 30 heavy (non-hydrogen) atoms. The van der Waals surface area contributed by atoms with Gasteiger partial charge < -0.3 is 14.6 Å². The lowest BCUT2D eigenvalue weighted by Crippen LogP contribution is -2.22. The van der Waals surface area contributed by atoms with Crippen LogP contribution in [0.2, 0.25) is 0 Å². The minimum Gasteiger partial charge on any atom is -0.452 e. The summed E-state index contributed by atoms with van der Waals surface area (Å²) in [6.07, 6.45) is 0. The van der Waals surface area contributed by atoms with Crippen LogP contribution in [0.3, 0.4) is 0 Å². The summed E-state index contributed by atoms with van der Waals surface area (Å²) >= 11 is 0. The first-order valence-electron chi connectivity index (χ1n) is 9.64. The SMILES string of the molecule is CC(=O)c1ccccc1NC(=O)COC(=O)c1cc(C)n(Cc2ccccc2)c1C. The molecule has 0 fully saturated rings. The first-order valence-corrected chi connectivity index (χ1v) is 9.64. The predicted octanol–water partition coefficient (Wildman–Crippen LogP) is 4.15. The van der Waals surface area contributed by atoms with Crippen LogP contribution in [0.1, 0.15) is 44.6 Å². The third-order valence-electron chi connectivity index (χ3n) is 4.89. The van der Waals surface area contributed by atoms with E-state index >= 15 is 0 Å². The van der Waals surface area contributed by atoms with Gasteiger partial charge in [0.25, 0.3) is 5.91 Å². The van der Waals surface area contributed by atoms with Crippen molar-refractivity contribution >= 4 is 23.3 Å². The van der Waals surface area contributed by atoms with Gasteiger partial charge in [-0.25, -0.2) is 4.79 Å². The van der Waals surface area contributed by atoms with Crippen molar-refractivity contribution < 1.29 is 19.1 Å². The molecule has 154 valence electrons. The van der Waals surface area contributed by atoms with Crippen LogP contribution in [0.25, 0.3) is 0 Å². The molecule has 1 amide bonds. The standard InChI is InChI=1S/C24H24N2O4/c1-16-13-21(17(2)26(16)14-19-9-5-4-6-10-19)24(29)30-15-23(28)25-22-12-8-7-11-20(22)18(3)27/h4-13H,14-15H2,1-3H3,(H,25,28). The number of benzene rings is 2. The van der Waals surface area contributed by atoms with Crippen LogP contribution in [-0.2, 0) is 16.1 Å². The number of nitrogens with one attached hydrogen (secondary N) is 1. The Morgan fingerprint density at radius 3 is 2.30 bits per heavy atom. The Morgan fingerprint density at radius 1 is 0.933 bits per heavy atom. The molecular weight excluding hydrogens is 380 g/mol. The van der Waals surface area contributed by atoms with Crippen molar-refractivity contribution in [3.05, 3.63) is 88.7 Å². The van der Waals surface area contributed by atoms with E-state index in [4.69, 9.17) is 4.74 Å². The van der Waals surface area contributed by atoms with Gasteiger partial charge in [-0.15, -0.1) is 0 Å². The molecular formula is C24H24N2O4. The van der Waals surface area contributed by atoms with Crippen molar-refractivity contribution in [3.8, 4) is 0 Å². The molecule has 0 unspecified atom stereocenters. The number of hydrogen-bond acceptors (Lipinski definition) is 4. The number of carbonyl (C=O) groups is 3. The van der Waals surface area contributed by atoms with E-state index in [0.29, 0.717) is 23.4 Å². The molecule has 0 spiro atoms. The number of amides is 1. The Balaban J connectivity index is 1.65. The van der Waals surface area contributed by atoms with Gasteiger partial charge in [0.15, 0.2) is 12.4 Å². The van der Waals surface area contributed by atoms with Crippen LogP contribution in [-0.4, -0.2) is 28.8 Å². The molecule has 0 radical (unpaired) electrons. The summed E-state index contributed by atoms with van der Waals surface area (Å²) in [5.74, 6) is -1.22. The average molecular weight is 404 g/mol. The number of carbonyl (C=O) groups excluding carboxylic acids is 3. The first-order chi connectivity index (χ1) is 14.4. The van der Waals surface area contributed by atoms with Crippen molar-refractivity contribution in [2.75, 3.05) is 11.9 Å². The van der Waals surface area contributed by atoms with Gasteiger partial charge in [0.1, 0.15) is 0 Å². The quantitative estimate of drug-likeness (QED) is 0.474. The van der Waals surface area contributed by atoms with Crippen molar-refractivity contribution in [1.29, 1.82) is 0 Å². The van der Waals surface area contributed by atoms with Gasteiger partial charge >= 0.3 is 5.97 Å². The number of anilines is 1. The monoisotopic (exact) mass is 404 g/mol. The highest BCUT2D eigenvalue weighted by Gasteiger charge is 2.19. The van der Waals surface area contributed by atoms with Crippen LogP contribution in [0, 0.1) is 13.8 Å². The van der Waals surface area contributed by atoms with E-state index in [0.717, 1.165) is 17.0 Å². The molecule has 0 bridgehead atoms. The topological polar surface area (TPSA) is 77.4 Å². The zero-order valence-corrected chi connectivity index (χ0v) is 17.3. The van der Waals surface area contributed by atoms with Crippen LogP contribution in [0.15, 0.2) is 60.7 Å². The number of nitrogens with zero attached hydrogens (tertiary/aromatic N) is 1. The molecule has 3 rings (SSSR count). The van der Waals surface area contributed by atoms with Gasteiger partial charge in [-0.05, 0) is 44.5 Å². The summed E-state index contributed by atoms with van der Waals surface area (Å²) in [5.41, 5.74) is 4.07. The highest BCUT2D eigenvalue weighted by Crippen LogP contribution is 2.19. The number of rotatable bonds is 7. The van der Waals surface area contributed by atoms with Gasteiger partial charge in [-0.2, -0.15) is 0 Å². The number of hydrogen-bond donors (Lipinski definition) is 1. The molecule has 0 aliphatic heterocycles. The fraction of sp³-hybridized carbons (Fsp3) is 0.208. The second-order valence-electron chi connectivity index (χ2n) is 7.08. The maximum Gasteiger partial charge on any atom is 0.340 e. The largest absolute Gasteiger partial charge is 0.452 e. The zero-order chi connectivity index (χ0) is 21.7. The molecule has 3 aromatic rings. The number of ketones is 1. The molecule has 0 saturated carbocycles. The number of aryl methyl sites for hydroxylation is 1. The number of para-hydroxylation sites is 1. The molecule has 0 saturated heterocycles. The molecule has 1 aromatic heterocycles. The lowest BCUT2D eigenvalue weighted by Gasteiger charge is -2.11. The van der Waals surface area contributed by atoms with E-state index in [1.807, 2.05) is 48.7 Å². The molecule has 2 aromatic carbocycles. The summed E-state index contributed by atoms with van der Waals surface area (Å²) in [4.78, 5) is 36.4. The molecule has 1 N–H and O–H groups in total. The van der Waals surface area contributed by atoms with Crippen molar-refractivity contribution in [2.45, 2.75) is 27.3 Å². The molecule has 6 heteroatoms. The summed E-state index contributed by atoms with van der Waals surface area (Å²) in [6, 6.07) is 18.4. The van der Waals surface area contributed by atoms with E-state index in [-0.39, 0.29) is 5.78 Å². The van der Waals surface area contributed by atoms with Gasteiger partial charge in [0.05, 0.1) is 11.3 Å². The number of aromatic nitrogens is 1. The van der Waals surface area contributed by atoms with Crippen LogP contribution >= 0.6 is 0 Å². The van der Waals surface area contributed by atoms with Crippen molar-refractivity contribution in [1.82, 2.24) is 4.57 Å². The highest BCUT2D eigenvalue weighted by atomic mass is 16.5. The second-order valence-corrected chi connectivity index (χ2v) is 7.08.